The van der Waals surface area contributed by atoms with Gasteiger partial charge in [-0.3, -0.25) is 4.79 Å². The maximum atomic E-state index is 13.0. The van der Waals surface area contributed by atoms with E-state index < -0.39 is 5.41 Å². The molecule has 0 unspecified atom stereocenters. The molecule has 4 heteroatoms. The minimum absolute atomic E-state index is 0.105. The molecule has 4 nitrogen and oxygen atoms in total. The Balaban J connectivity index is 2.36. The molecule has 0 saturated heterocycles. The molecule has 0 atom stereocenters. The van der Waals surface area contributed by atoms with Gasteiger partial charge in [-0.15, -0.1) is 0 Å². The van der Waals surface area contributed by atoms with Crippen molar-refractivity contribution in [2.75, 3.05) is 18.0 Å². The smallest absolute Gasteiger partial charge is 0.234 e. The fourth-order valence-corrected chi connectivity index (χ4v) is 3.16. The molecular weight excluding hydrogens is 252 g/mol. The van der Waals surface area contributed by atoms with E-state index in [1.165, 1.54) is 0 Å². The quantitative estimate of drug-likeness (QED) is 0.888. The Morgan fingerprint density at radius 1 is 1.40 bits per heavy atom. The molecule has 0 aliphatic heterocycles. The summed E-state index contributed by atoms with van der Waals surface area (Å²) in [5.41, 5.74) is 7.28. The van der Waals surface area contributed by atoms with Crippen molar-refractivity contribution in [2.24, 2.45) is 11.1 Å². The Hall–Kier alpha value is -1.55. The van der Waals surface area contributed by atoms with Gasteiger partial charge in [0.15, 0.2) is 0 Å². The third-order valence-corrected chi connectivity index (χ3v) is 4.45. The zero-order chi connectivity index (χ0) is 14.8. The van der Waals surface area contributed by atoms with E-state index in [2.05, 4.69) is 0 Å². The van der Waals surface area contributed by atoms with E-state index in [4.69, 9.17) is 5.73 Å². The maximum Gasteiger partial charge on any atom is 0.234 e. The van der Waals surface area contributed by atoms with E-state index in [0.29, 0.717) is 13.1 Å². The van der Waals surface area contributed by atoms with Gasteiger partial charge >= 0.3 is 0 Å². The van der Waals surface area contributed by atoms with Gasteiger partial charge in [0.2, 0.25) is 5.91 Å². The van der Waals surface area contributed by atoms with Gasteiger partial charge in [-0.2, -0.15) is 0 Å². The van der Waals surface area contributed by atoms with Crippen LogP contribution in [0.2, 0.25) is 0 Å². The number of aromatic hydroxyl groups is 1. The number of benzene rings is 1. The first-order chi connectivity index (χ1) is 9.54. The second-order valence-electron chi connectivity index (χ2n) is 5.71. The van der Waals surface area contributed by atoms with Gasteiger partial charge < -0.3 is 15.7 Å². The van der Waals surface area contributed by atoms with Crippen molar-refractivity contribution in [1.82, 2.24) is 0 Å². The summed E-state index contributed by atoms with van der Waals surface area (Å²) in [6, 6.07) is 5.14. The van der Waals surface area contributed by atoms with Crippen LogP contribution in [0.3, 0.4) is 0 Å². The molecule has 0 bridgehead atoms. The Morgan fingerprint density at radius 2 is 2.05 bits per heavy atom. The van der Waals surface area contributed by atoms with Gasteiger partial charge in [0.1, 0.15) is 5.75 Å². The highest BCUT2D eigenvalue weighted by molar-refractivity contribution is 5.98. The first kappa shape index (κ1) is 14.9. The molecule has 1 aliphatic rings. The number of nitrogens with zero attached hydrogens (tertiary/aromatic N) is 1. The van der Waals surface area contributed by atoms with Gasteiger partial charge in [0.05, 0.1) is 11.1 Å². The number of carbonyl (C=O) groups excluding carboxylic acids is 1. The predicted molar refractivity (Wildman–Crippen MR) is 80.8 cm³/mol. The van der Waals surface area contributed by atoms with Crippen LogP contribution in [0, 0.1) is 12.3 Å². The summed E-state index contributed by atoms with van der Waals surface area (Å²) in [6.07, 6.45) is 3.88. The number of phenolic OH excluding ortho intramolecular Hbond substituents is 1. The van der Waals surface area contributed by atoms with Crippen LogP contribution in [0.4, 0.5) is 5.69 Å². The lowest BCUT2D eigenvalue weighted by Gasteiger charge is -2.33. The Morgan fingerprint density at radius 3 is 2.60 bits per heavy atom. The van der Waals surface area contributed by atoms with Crippen LogP contribution in [-0.4, -0.2) is 24.1 Å². The molecular formula is C16H24N2O2. The number of aryl methyl sites for hydroxylation is 1. The molecule has 20 heavy (non-hydrogen) atoms. The van der Waals surface area contributed by atoms with Gasteiger partial charge in [0.25, 0.3) is 0 Å². The van der Waals surface area contributed by atoms with Crippen molar-refractivity contribution in [3.8, 4) is 5.75 Å². The highest BCUT2D eigenvalue weighted by Crippen LogP contribution is 2.40. The fourth-order valence-electron chi connectivity index (χ4n) is 3.16. The van der Waals surface area contributed by atoms with Crippen LogP contribution in [0.15, 0.2) is 18.2 Å². The zero-order valence-corrected chi connectivity index (χ0v) is 12.4. The fraction of sp³-hybridized carbons (Fsp3) is 0.562. The summed E-state index contributed by atoms with van der Waals surface area (Å²) in [6.45, 7) is 4.90. The van der Waals surface area contributed by atoms with E-state index in [-0.39, 0.29) is 11.7 Å². The summed E-state index contributed by atoms with van der Waals surface area (Å²) in [7, 11) is 0. The van der Waals surface area contributed by atoms with Crippen molar-refractivity contribution in [3.63, 3.8) is 0 Å². The molecule has 0 radical (unpaired) electrons. The summed E-state index contributed by atoms with van der Waals surface area (Å²) in [5.74, 6) is 0.291. The van der Waals surface area contributed by atoms with Gasteiger partial charge in [0, 0.05) is 19.2 Å². The van der Waals surface area contributed by atoms with Crippen molar-refractivity contribution in [1.29, 1.82) is 0 Å². The van der Waals surface area contributed by atoms with E-state index in [9.17, 15) is 9.90 Å². The number of nitrogens with two attached hydrogens (primary N) is 1. The van der Waals surface area contributed by atoms with Crippen LogP contribution in [0.1, 0.15) is 38.2 Å². The monoisotopic (exact) mass is 276 g/mol. The second kappa shape index (κ2) is 5.83. The molecule has 1 fully saturated rings. The summed E-state index contributed by atoms with van der Waals surface area (Å²) in [5, 5.41) is 9.69. The third-order valence-electron chi connectivity index (χ3n) is 4.45. The number of hydrogen-bond acceptors (Lipinski definition) is 3. The van der Waals surface area contributed by atoms with Crippen LogP contribution in [0.5, 0.6) is 5.75 Å². The largest absolute Gasteiger partial charge is 0.508 e. The van der Waals surface area contributed by atoms with Crippen LogP contribution in [0.25, 0.3) is 0 Å². The third kappa shape index (κ3) is 2.52. The number of anilines is 1. The average Bonchev–Trinajstić information content (AvgIpc) is 2.93. The van der Waals surface area contributed by atoms with Crippen LogP contribution in [-0.2, 0) is 4.79 Å². The number of amides is 1. The molecule has 0 spiro atoms. The predicted octanol–water partition coefficient (Wildman–Crippen LogP) is 2.57. The summed E-state index contributed by atoms with van der Waals surface area (Å²) >= 11 is 0. The second-order valence-corrected chi connectivity index (χ2v) is 5.71. The standard InChI is InChI=1S/C16H24N2O2/c1-3-18(14-10-13(19)7-6-12(14)2)15(20)16(11-17)8-4-5-9-16/h6-7,10,19H,3-5,8-9,11,17H2,1-2H3. The normalized spacial score (nSPS) is 17.1. The molecule has 2 rings (SSSR count). The van der Waals surface area contributed by atoms with E-state index >= 15 is 0 Å². The molecule has 1 saturated carbocycles. The molecule has 1 amide bonds. The molecule has 1 aromatic carbocycles. The Labute approximate surface area is 120 Å². The van der Waals surface area contributed by atoms with Crippen LogP contribution < -0.4 is 10.6 Å². The maximum absolute atomic E-state index is 13.0. The first-order valence-electron chi connectivity index (χ1n) is 7.36. The van der Waals surface area contributed by atoms with Gasteiger partial charge in [-0.1, -0.05) is 18.9 Å². The summed E-state index contributed by atoms with van der Waals surface area (Å²) in [4.78, 5) is 14.7. The van der Waals surface area contributed by atoms with E-state index in [1.807, 2.05) is 19.9 Å². The number of carbonyl (C=O) groups is 1. The van der Waals surface area contributed by atoms with Gasteiger partial charge in [-0.05, 0) is 38.3 Å². The highest BCUT2D eigenvalue weighted by Gasteiger charge is 2.42. The van der Waals surface area contributed by atoms with E-state index in [0.717, 1.165) is 36.9 Å². The Kier molecular flexibility index (Phi) is 4.33. The SMILES string of the molecule is CCN(C(=O)C1(CN)CCCC1)c1cc(O)ccc1C. The van der Waals surface area contributed by atoms with Crippen molar-refractivity contribution in [3.05, 3.63) is 23.8 Å². The molecule has 0 heterocycles. The lowest BCUT2D eigenvalue weighted by Crippen LogP contribution is -2.47. The minimum atomic E-state index is -0.409. The van der Waals surface area contributed by atoms with Gasteiger partial charge in [-0.25, -0.2) is 0 Å². The molecule has 1 aliphatic carbocycles. The van der Waals surface area contributed by atoms with Crippen LogP contribution >= 0.6 is 0 Å². The number of hydrogen-bond donors (Lipinski definition) is 2. The molecule has 0 aromatic heterocycles. The number of phenols is 1. The van der Waals surface area contributed by atoms with E-state index in [1.54, 1.807) is 17.0 Å². The minimum Gasteiger partial charge on any atom is -0.508 e. The molecule has 1 aromatic rings. The van der Waals surface area contributed by atoms with Crippen molar-refractivity contribution < 1.29 is 9.90 Å². The number of rotatable bonds is 4. The average molecular weight is 276 g/mol. The first-order valence-corrected chi connectivity index (χ1v) is 7.36. The molecule has 110 valence electrons. The topological polar surface area (TPSA) is 66.6 Å². The zero-order valence-electron chi connectivity index (χ0n) is 12.4. The lowest BCUT2D eigenvalue weighted by molar-refractivity contribution is -0.127. The Bertz CT molecular complexity index is 493. The van der Waals surface area contributed by atoms with Crippen molar-refractivity contribution >= 4 is 11.6 Å². The van der Waals surface area contributed by atoms with Crippen molar-refractivity contribution in [2.45, 2.75) is 39.5 Å². The lowest BCUT2D eigenvalue weighted by atomic mass is 9.84. The summed E-state index contributed by atoms with van der Waals surface area (Å²) < 4.78 is 0. The highest BCUT2D eigenvalue weighted by atomic mass is 16.3. The molecule has 3 N–H and O–H groups in total.